The van der Waals surface area contributed by atoms with Crippen LogP contribution in [0, 0.1) is 0 Å². The number of rotatable bonds is 8. The molecule has 1 N–H and O–H groups in total. The monoisotopic (exact) mass is 470 g/mol. The topological polar surface area (TPSA) is 102 Å². The third-order valence-corrected chi connectivity index (χ3v) is 6.04. The van der Waals surface area contributed by atoms with Crippen LogP contribution in [-0.2, 0) is 4.79 Å². The second-order valence-corrected chi connectivity index (χ2v) is 8.17. The molecule has 3 aromatic rings. The minimum atomic E-state index is -0.0938. The van der Waals surface area contributed by atoms with Crippen LogP contribution in [0.4, 0.5) is 11.1 Å². The van der Waals surface area contributed by atoms with Gasteiger partial charge in [0.05, 0.1) is 33.6 Å². The summed E-state index contributed by atoms with van der Waals surface area (Å²) in [7, 11) is 4.80. The molecule has 1 fully saturated rings. The van der Waals surface area contributed by atoms with Gasteiger partial charge in [0, 0.05) is 55.5 Å². The van der Waals surface area contributed by atoms with Gasteiger partial charge in [-0.05, 0) is 12.1 Å². The van der Waals surface area contributed by atoms with Gasteiger partial charge >= 0.3 is 0 Å². The maximum atomic E-state index is 12.6. The third-order valence-electron chi connectivity index (χ3n) is 5.28. The second-order valence-electron chi connectivity index (χ2n) is 7.31. The van der Waals surface area contributed by atoms with Crippen molar-refractivity contribution in [2.24, 2.45) is 0 Å². The average Bonchev–Trinajstić information content (AvgIpc) is 3.32. The lowest BCUT2D eigenvalue weighted by Gasteiger charge is -2.34. The number of piperazine rings is 1. The Hall–Kier alpha value is -3.44. The fourth-order valence-corrected chi connectivity index (χ4v) is 4.26. The first kappa shape index (κ1) is 22.7. The number of nitrogens with zero attached hydrogens (tertiary/aromatic N) is 5. The predicted molar refractivity (Wildman–Crippen MR) is 127 cm³/mol. The van der Waals surface area contributed by atoms with Crippen LogP contribution in [0.25, 0.3) is 11.3 Å². The van der Waals surface area contributed by atoms with Gasteiger partial charge in [0.25, 0.3) is 0 Å². The number of hydrogen-bond acceptors (Lipinski definition) is 10. The molecule has 0 atom stereocenters. The van der Waals surface area contributed by atoms with Crippen LogP contribution in [0.3, 0.4) is 0 Å². The maximum absolute atomic E-state index is 12.6. The molecule has 0 spiro atoms. The van der Waals surface area contributed by atoms with E-state index in [9.17, 15) is 4.79 Å². The number of hydrogen-bond donors (Lipinski definition) is 1. The fraction of sp³-hybridized carbons (Fsp3) is 0.364. The van der Waals surface area contributed by atoms with E-state index < -0.39 is 0 Å². The number of carbonyl (C=O) groups is 1. The van der Waals surface area contributed by atoms with E-state index in [0.717, 1.165) is 37.4 Å². The van der Waals surface area contributed by atoms with Crippen molar-refractivity contribution in [2.45, 2.75) is 0 Å². The number of carbonyl (C=O) groups excluding carboxylic acids is 1. The number of methoxy groups -OCH3 is 3. The smallest absolute Gasteiger partial charge is 0.240 e. The molecule has 0 radical (unpaired) electrons. The molecule has 1 saturated heterocycles. The number of aromatic nitrogens is 3. The van der Waals surface area contributed by atoms with Crippen LogP contribution in [0.5, 0.6) is 17.4 Å². The Morgan fingerprint density at radius 3 is 2.61 bits per heavy atom. The molecule has 11 heteroatoms. The van der Waals surface area contributed by atoms with Gasteiger partial charge in [-0.2, -0.15) is 4.98 Å². The van der Waals surface area contributed by atoms with Gasteiger partial charge in [0.15, 0.2) is 5.13 Å². The van der Waals surface area contributed by atoms with Crippen molar-refractivity contribution in [3.63, 3.8) is 0 Å². The molecule has 0 bridgehead atoms. The highest BCUT2D eigenvalue weighted by molar-refractivity contribution is 7.14. The minimum Gasteiger partial charge on any atom is -0.497 e. The number of thiazole rings is 1. The summed E-state index contributed by atoms with van der Waals surface area (Å²) in [5.41, 5.74) is 1.58. The number of nitrogens with one attached hydrogen (secondary N) is 1. The number of benzene rings is 1. The molecule has 0 unspecified atom stereocenters. The van der Waals surface area contributed by atoms with Crippen molar-refractivity contribution in [3.8, 4) is 28.6 Å². The first-order chi connectivity index (χ1) is 16.1. The second kappa shape index (κ2) is 10.5. The summed E-state index contributed by atoms with van der Waals surface area (Å²) in [6.07, 6.45) is 1.69. The van der Waals surface area contributed by atoms with Crippen LogP contribution in [0.1, 0.15) is 0 Å². The Labute approximate surface area is 196 Å². The van der Waals surface area contributed by atoms with Crippen LogP contribution >= 0.6 is 11.3 Å². The SMILES string of the molecule is COc1ccc(-c2csc(NC(=O)CN3CCN(c4nccc(OC)n4)CC3)n2)c(OC)c1. The fourth-order valence-electron chi connectivity index (χ4n) is 3.53. The highest BCUT2D eigenvalue weighted by Gasteiger charge is 2.21. The zero-order chi connectivity index (χ0) is 23.2. The molecule has 0 aliphatic carbocycles. The van der Waals surface area contributed by atoms with Crippen molar-refractivity contribution in [1.82, 2.24) is 19.9 Å². The molecule has 174 valence electrons. The van der Waals surface area contributed by atoms with Crippen molar-refractivity contribution < 1.29 is 19.0 Å². The lowest BCUT2D eigenvalue weighted by atomic mass is 10.1. The first-order valence-electron chi connectivity index (χ1n) is 10.4. The summed E-state index contributed by atoms with van der Waals surface area (Å²) in [6.45, 7) is 3.24. The molecular weight excluding hydrogens is 444 g/mol. The minimum absolute atomic E-state index is 0.0938. The van der Waals surface area contributed by atoms with E-state index in [1.807, 2.05) is 23.6 Å². The Balaban J connectivity index is 1.31. The normalized spacial score (nSPS) is 14.1. The van der Waals surface area contributed by atoms with E-state index in [1.54, 1.807) is 33.6 Å². The summed E-state index contributed by atoms with van der Waals surface area (Å²) >= 11 is 1.38. The highest BCUT2D eigenvalue weighted by atomic mass is 32.1. The Kier molecular flexibility index (Phi) is 7.20. The van der Waals surface area contributed by atoms with Crippen molar-refractivity contribution in [1.29, 1.82) is 0 Å². The largest absolute Gasteiger partial charge is 0.497 e. The van der Waals surface area contributed by atoms with E-state index in [-0.39, 0.29) is 5.91 Å². The molecule has 0 saturated carbocycles. The summed E-state index contributed by atoms with van der Waals surface area (Å²) in [5.74, 6) is 2.45. The van der Waals surface area contributed by atoms with Crippen molar-refractivity contribution in [3.05, 3.63) is 35.8 Å². The molecule has 3 heterocycles. The molecule has 4 rings (SSSR count). The van der Waals surface area contributed by atoms with Gasteiger partial charge in [-0.25, -0.2) is 9.97 Å². The maximum Gasteiger partial charge on any atom is 0.240 e. The van der Waals surface area contributed by atoms with Gasteiger partial charge in [-0.15, -0.1) is 11.3 Å². The molecule has 1 aliphatic heterocycles. The van der Waals surface area contributed by atoms with E-state index >= 15 is 0 Å². The summed E-state index contributed by atoms with van der Waals surface area (Å²) < 4.78 is 15.9. The van der Waals surface area contributed by atoms with Crippen LogP contribution in [0.15, 0.2) is 35.8 Å². The molecule has 10 nitrogen and oxygen atoms in total. The molecular formula is C22H26N6O4S. The molecule has 1 aromatic carbocycles. The van der Waals surface area contributed by atoms with Gasteiger partial charge in [-0.1, -0.05) is 0 Å². The van der Waals surface area contributed by atoms with E-state index in [2.05, 4.69) is 30.1 Å². The van der Waals surface area contributed by atoms with Gasteiger partial charge in [-0.3, -0.25) is 9.69 Å². The zero-order valence-electron chi connectivity index (χ0n) is 18.8. The average molecular weight is 471 g/mol. The summed E-state index contributed by atoms with van der Waals surface area (Å²) in [5, 5.41) is 5.35. The van der Waals surface area contributed by atoms with E-state index in [0.29, 0.717) is 35.0 Å². The number of amides is 1. The number of anilines is 2. The van der Waals surface area contributed by atoms with Crippen LogP contribution in [0.2, 0.25) is 0 Å². The quantitative estimate of drug-likeness (QED) is 0.532. The first-order valence-corrected chi connectivity index (χ1v) is 11.3. The summed E-state index contributed by atoms with van der Waals surface area (Å²) in [4.78, 5) is 30.0. The Morgan fingerprint density at radius 1 is 1.06 bits per heavy atom. The standard InChI is InChI=1S/C22H26N6O4S/c1-30-15-4-5-16(18(12-15)31-2)17-14-33-22(24-17)25-19(29)13-27-8-10-28(11-9-27)21-23-7-6-20(26-21)32-3/h4-7,12,14H,8-11,13H2,1-3H3,(H,24,25,29). The number of ether oxygens (including phenoxy) is 3. The van der Waals surface area contributed by atoms with Gasteiger partial charge in [0.2, 0.25) is 17.7 Å². The van der Waals surface area contributed by atoms with Crippen molar-refractivity contribution >= 4 is 28.3 Å². The third kappa shape index (κ3) is 5.49. The van der Waals surface area contributed by atoms with Crippen molar-refractivity contribution in [2.75, 3.05) is 64.3 Å². The van der Waals surface area contributed by atoms with Crippen LogP contribution in [-0.4, -0.2) is 79.8 Å². The lowest BCUT2D eigenvalue weighted by molar-refractivity contribution is -0.117. The van der Waals surface area contributed by atoms with Gasteiger partial charge in [0.1, 0.15) is 11.5 Å². The Bertz CT molecular complexity index is 1100. The Morgan fingerprint density at radius 2 is 1.88 bits per heavy atom. The van der Waals surface area contributed by atoms with E-state index in [4.69, 9.17) is 14.2 Å². The lowest BCUT2D eigenvalue weighted by Crippen LogP contribution is -2.49. The predicted octanol–water partition coefficient (Wildman–Crippen LogP) is 2.39. The molecule has 1 aliphatic rings. The van der Waals surface area contributed by atoms with E-state index in [1.165, 1.54) is 11.3 Å². The highest BCUT2D eigenvalue weighted by Crippen LogP contribution is 2.34. The molecule has 33 heavy (non-hydrogen) atoms. The zero-order valence-corrected chi connectivity index (χ0v) is 19.6. The van der Waals surface area contributed by atoms with Gasteiger partial charge < -0.3 is 24.4 Å². The summed E-state index contributed by atoms with van der Waals surface area (Å²) in [6, 6.07) is 7.28. The van der Waals surface area contributed by atoms with Crippen LogP contribution < -0.4 is 24.4 Å². The molecule has 2 aromatic heterocycles. The molecule has 1 amide bonds.